The number of carbonyl (C=O) groups is 2. The lowest BCUT2D eigenvalue weighted by molar-refractivity contribution is -0.126. The third-order valence-corrected chi connectivity index (χ3v) is 3.09. The van der Waals surface area contributed by atoms with Crippen molar-refractivity contribution in [3.05, 3.63) is 35.4 Å². The van der Waals surface area contributed by atoms with Crippen molar-refractivity contribution in [2.24, 2.45) is 0 Å². The molecule has 5 nitrogen and oxygen atoms in total. The van der Waals surface area contributed by atoms with Crippen LogP contribution in [-0.4, -0.2) is 36.1 Å². The van der Waals surface area contributed by atoms with Crippen LogP contribution < -0.4 is 10.6 Å². The molecule has 1 atom stereocenters. The minimum Gasteiger partial charge on any atom is -0.393 e. The van der Waals surface area contributed by atoms with Crippen molar-refractivity contribution in [2.75, 3.05) is 13.1 Å². The average Bonchev–Trinajstić information content (AvgIpc) is 2.44. The van der Waals surface area contributed by atoms with Crippen molar-refractivity contribution >= 4 is 11.8 Å². The Kier molecular flexibility index (Phi) is 7.46. The van der Waals surface area contributed by atoms with Crippen molar-refractivity contribution in [3.63, 3.8) is 0 Å². The number of hydrogen-bond donors (Lipinski definition) is 3. The second kappa shape index (κ2) is 9.13. The highest BCUT2D eigenvalue weighted by atomic mass is 16.3. The van der Waals surface area contributed by atoms with Crippen LogP contribution in [0.1, 0.15) is 30.9 Å². The standard InChI is InChI=1S/C16H24N2O3/c1-12-3-5-14(6-4-12)7-8-15(20)18-11-16(21)17-10-9-13(2)19/h3-6,13,19H,7-11H2,1-2H3,(H,17,21)(H,18,20). The lowest BCUT2D eigenvalue weighted by Gasteiger charge is -2.08. The molecule has 1 rings (SSSR count). The van der Waals surface area contributed by atoms with Gasteiger partial charge in [0.05, 0.1) is 12.6 Å². The number of benzene rings is 1. The molecule has 2 amide bonds. The van der Waals surface area contributed by atoms with Crippen molar-refractivity contribution in [1.29, 1.82) is 0 Å². The predicted molar refractivity (Wildman–Crippen MR) is 81.8 cm³/mol. The zero-order chi connectivity index (χ0) is 15.7. The molecule has 1 aromatic carbocycles. The van der Waals surface area contributed by atoms with Crippen LogP contribution in [-0.2, 0) is 16.0 Å². The topological polar surface area (TPSA) is 78.4 Å². The molecular formula is C16H24N2O3. The summed E-state index contributed by atoms with van der Waals surface area (Å²) in [5, 5.41) is 14.3. The summed E-state index contributed by atoms with van der Waals surface area (Å²) in [6, 6.07) is 8.04. The fraction of sp³-hybridized carbons (Fsp3) is 0.500. The van der Waals surface area contributed by atoms with Gasteiger partial charge >= 0.3 is 0 Å². The number of nitrogens with one attached hydrogen (secondary N) is 2. The smallest absolute Gasteiger partial charge is 0.239 e. The summed E-state index contributed by atoms with van der Waals surface area (Å²) in [5.74, 6) is -0.374. The molecule has 1 aromatic rings. The predicted octanol–water partition coefficient (Wildman–Crippen LogP) is 0.931. The number of rotatable bonds is 8. The summed E-state index contributed by atoms with van der Waals surface area (Å²) in [4.78, 5) is 23.1. The summed E-state index contributed by atoms with van der Waals surface area (Å²) in [5.41, 5.74) is 2.30. The van der Waals surface area contributed by atoms with Gasteiger partial charge in [0.2, 0.25) is 11.8 Å². The largest absolute Gasteiger partial charge is 0.393 e. The molecule has 0 aliphatic carbocycles. The average molecular weight is 292 g/mol. The zero-order valence-corrected chi connectivity index (χ0v) is 12.7. The van der Waals surface area contributed by atoms with Gasteiger partial charge in [-0.1, -0.05) is 29.8 Å². The van der Waals surface area contributed by atoms with Gasteiger partial charge in [-0.05, 0) is 32.3 Å². The first-order chi connectivity index (χ1) is 9.97. The van der Waals surface area contributed by atoms with Gasteiger partial charge < -0.3 is 15.7 Å². The summed E-state index contributed by atoms with van der Waals surface area (Å²) < 4.78 is 0. The van der Waals surface area contributed by atoms with Crippen LogP contribution in [0.5, 0.6) is 0 Å². The van der Waals surface area contributed by atoms with E-state index < -0.39 is 6.10 Å². The van der Waals surface area contributed by atoms with Gasteiger partial charge in [-0.3, -0.25) is 9.59 Å². The number of carbonyl (C=O) groups excluding carboxylic acids is 2. The van der Waals surface area contributed by atoms with E-state index in [9.17, 15) is 9.59 Å². The second-order valence-corrected chi connectivity index (χ2v) is 5.25. The molecule has 0 radical (unpaired) electrons. The van der Waals surface area contributed by atoms with E-state index >= 15 is 0 Å². The first kappa shape index (κ1) is 17.2. The van der Waals surface area contributed by atoms with Gasteiger partial charge in [-0.25, -0.2) is 0 Å². The Labute approximate surface area is 125 Å². The van der Waals surface area contributed by atoms with Crippen LogP contribution in [0.25, 0.3) is 0 Å². The van der Waals surface area contributed by atoms with E-state index in [2.05, 4.69) is 10.6 Å². The fourth-order valence-electron chi connectivity index (χ4n) is 1.76. The highest BCUT2D eigenvalue weighted by molar-refractivity contribution is 5.84. The van der Waals surface area contributed by atoms with Crippen LogP contribution >= 0.6 is 0 Å². The maximum atomic E-state index is 11.6. The van der Waals surface area contributed by atoms with Crippen LogP contribution in [0.3, 0.4) is 0 Å². The van der Waals surface area contributed by atoms with Gasteiger partial charge in [0.15, 0.2) is 0 Å². The van der Waals surface area contributed by atoms with Crippen molar-refractivity contribution in [3.8, 4) is 0 Å². The number of aliphatic hydroxyl groups is 1. The highest BCUT2D eigenvalue weighted by Crippen LogP contribution is 2.05. The molecular weight excluding hydrogens is 268 g/mol. The van der Waals surface area contributed by atoms with Crippen molar-refractivity contribution in [1.82, 2.24) is 10.6 Å². The molecule has 0 aliphatic heterocycles. The molecule has 0 fully saturated rings. The van der Waals surface area contributed by atoms with E-state index in [-0.39, 0.29) is 18.4 Å². The summed E-state index contributed by atoms with van der Waals surface area (Å²) in [6.45, 7) is 4.08. The molecule has 3 N–H and O–H groups in total. The first-order valence-corrected chi connectivity index (χ1v) is 7.24. The molecule has 21 heavy (non-hydrogen) atoms. The Morgan fingerprint density at radius 2 is 1.81 bits per heavy atom. The molecule has 1 unspecified atom stereocenters. The quantitative estimate of drug-likeness (QED) is 0.667. The number of aliphatic hydroxyl groups excluding tert-OH is 1. The van der Waals surface area contributed by atoms with Crippen LogP contribution in [0.15, 0.2) is 24.3 Å². The van der Waals surface area contributed by atoms with E-state index in [0.717, 1.165) is 5.56 Å². The van der Waals surface area contributed by atoms with E-state index in [1.165, 1.54) is 5.56 Å². The summed E-state index contributed by atoms with van der Waals surface area (Å²) >= 11 is 0. The Hall–Kier alpha value is -1.88. The van der Waals surface area contributed by atoms with Gasteiger partial charge in [-0.15, -0.1) is 0 Å². The van der Waals surface area contributed by atoms with Gasteiger partial charge in [0, 0.05) is 13.0 Å². The number of amides is 2. The minimum absolute atomic E-state index is 0.0213. The Bertz CT molecular complexity index is 455. The normalized spacial score (nSPS) is 11.8. The van der Waals surface area contributed by atoms with E-state index in [1.54, 1.807) is 6.92 Å². The van der Waals surface area contributed by atoms with Crippen molar-refractivity contribution < 1.29 is 14.7 Å². The number of aryl methyl sites for hydroxylation is 2. The molecule has 116 valence electrons. The SMILES string of the molecule is Cc1ccc(CCC(=O)NCC(=O)NCCC(C)O)cc1. The highest BCUT2D eigenvalue weighted by Gasteiger charge is 2.06. The monoisotopic (exact) mass is 292 g/mol. The molecule has 0 aromatic heterocycles. The Balaban J connectivity index is 2.16. The maximum absolute atomic E-state index is 11.6. The second-order valence-electron chi connectivity index (χ2n) is 5.25. The summed E-state index contributed by atoms with van der Waals surface area (Å²) in [6.07, 6.45) is 1.10. The Morgan fingerprint density at radius 3 is 2.43 bits per heavy atom. The molecule has 0 saturated carbocycles. The third-order valence-electron chi connectivity index (χ3n) is 3.09. The lowest BCUT2D eigenvalue weighted by atomic mass is 10.1. The van der Waals surface area contributed by atoms with Crippen molar-refractivity contribution in [2.45, 2.75) is 39.2 Å². The van der Waals surface area contributed by atoms with E-state index in [1.807, 2.05) is 31.2 Å². The van der Waals surface area contributed by atoms with Crippen LogP contribution in [0.4, 0.5) is 0 Å². The molecule has 5 heteroatoms. The zero-order valence-electron chi connectivity index (χ0n) is 12.7. The Morgan fingerprint density at radius 1 is 1.14 bits per heavy atom. The molecule has 0 aliphatic rings. The number of hydrogen-bond acceptors (Lipinski definition) is 3. The van der Waals surface area contributed by atoms with Gasteiger partial charge in [0.25, 0.3) is 0 Å². The molecule has 0 bridgehead atoms. The van der Waals surface area contributed by atoms with Gasteiger partial charge in [-0.2, -0.15) is 0 Å². The first-order valence-electron chi connectivity index (χ1n) is 7.24. The maximum Gasteiger partial charge on any atom is 0.239 e. The molecule has 0 spiro atoms. The molecule has 0 heterocycles. The van der Waals surface area contributed by atoms with Crippen LogP contribution in [0, 0.1) is 6.92 Å². The van der Waals surface area contributed by atoms with E-state index in [4.69, 9.17) is 5.11 Å². The van der Waals surface area contributed by atoms with Gasteiger partial charge in [0.1, 0.15) is 0 Å². The third kappa shape index (κ3) is 8.09. The van der Waals surface area contributed by atoms with Crippen LogP contribution in [0.2, 0.25) is 0 Å². The summed E-state index contributed by atoms with van der Waals surface area (Å²) in [7, 11) is 0. The van der Waals surface area contributed by atoms with E-state index in [0.29, 0.717) is 25.8 Å². The fourth-order valence-corrected chi connectivity index (χ4v) is 1.76. The minimum atomic E-state index is -0.436. The lowest BCUT2D eigenvalue weighted by Crippen LogP contribution is -2.37. The molecule has 0 saturated heterocycles.